The van der Waals surface area contributed by atoms with Crippen LogP contribution in [0.15, 0.2) is 27.3 Å². The fourth-order valence-corrected chi connectivity index (χ4v) is 4.45. The Morgan fingerprint density at radius 3 is 2.93 bits per heavy atom. The molecule has 0 nitrogen and oxygen atoms in total. The zero-order valence-electron chi connectivity index (χ0n) is 7.58. The number of halogens is 1. The van der Waals surface area contributed by atoms with Crippen LogP contribution in [0.5, 0.6) is 0 Å². The number of fused-ring (bicyclic) bond motifs is 1. The summed E-state index contributed by atoms with van der Waals surface area (Å²) < 4.78 is 2.44. The molecular formula is C10H9BrS3. The summed E-state index contributed by atoms with van der Waals surface area (Å²) in [6, 6.07) is 6.48. The molecule has 0 radical (unpaired) electrons. The molecule has 0 aliphatic heterocycles. The van der Waals surface area contributed by atoms with Crippen LogP contribution in [0.3, 0.4) is 0 Å². The number of thioether (sulfide) groups is 1. The lowest BCUT2D eigenvalue weighted by Gasteiger charge is -2.04. The highest BCUT2D eigenvalue weighted by Gasteiger charge is 2.08. The quantitative estimate of drug-likeness (QED) is 0.472. The van der Waals surface area contributed by atoms with E-state index in [0.717, 1.165) is 9.54 Å². The van der Waals surface area contributed by atoms with Crippen LogP contribution in [0.25, 0.3) is 10.1 Å². The molecule has 1 heterocycles. The van der Waals surface area contributed by atoms with Crippen LogP contribution in [-0.4, -0.2) is 6.26 Å². The summed E-state index contributed by atoms with van der Waals surface area (Å²) in [5.74, 6) is 0. The van der Waals surface area contributed by atoms with Crippen molar-refractivity contribution in [1.29, 1.82) is 0 Å². The van der Waals surface area contributed by atoms with Crippen molar-refractivity contribution < 1.29 is 0 Å². The molecule has 0 saturated heterocycles. The Balaban J connectivity index is 2.75. The van der Waals surface area contributed by atoms with Gasteiger partial charge in [0.1, 0.15) is 0 Å². The van der Waals surface area contributed by atoms with Gasteiger partial charge in [0, 0.05) is 14.9 Å². The first-order chi connectivity index (χ1) is 6.76. The minimum absolute atomic E-state index is 0.911. The van der Waals surface area contributed by atoms with Gasteiger partial charge < -0.3 is 0 Å². The van der Waals surface area contributed by atoms with Gasteiger partial charge in [-0.1, -0.05) is 22.0 Å². The van der Waals surface area contributed by atoms with E-state index < -0.39 is 0 Å². The van der Waals surface area contributed by atoms with Crippen molar-refractivity contribution in [3.05, 3.63) is 23.8 Å². The Kier molecular flexibility index (Phi) is 3.47. The van der Waals surface area contributed by atoms with E-state index in [1.165, 1.54) is 20.5 Å². The van der Waals surface area contributed by atoms with Gasteiger partial charge in [0.25, 0.3) is 0 Å². The lowest BCUT2D eigenvalue weighted by atomic mass is 10.2. The van der Waals surface area contributed by atoms with Crippen molar-refractivity contribution in [2.24, 2.45) is 0 Å². The largest absolute Gasteiger partial charge is 0.133 e. The highest BCUT2D eigenvalue weighted by Crippen LogP contribution is 2.36. The molecule has 4 heteroatoms. The van der Waals surface area contributed by atoms with Crippen molar-refractivity contribution in [2.45, 2.75) is 14.4 Å². The van der Waals surface area contributed by atoms with Crippen molar-refractivity contribution in [3.63, 3.8) is 0 Å². The summed E-state index contributed by atoms with van der Waals surface area (Å²) in [6.45, 7) is 0. The summed E-state index contributed by atoms with van der Waals surface area (Å²) in [6.07, 6.45) is 2.11. The van der Waals surface area contributed by atoms with Gasteiger partial charge in [-0.2, -0.15) is 0 Å². The van der Waals surface area contributed by atoms with Gasteiger partial charge in [-0.3, -0.25) is 0 Å². The Morgan fingerprint density at radius 2 is 2.29 bits per heavy atom. The SMILES string of the molecule is CSc1ccc2cc(S)sc2c1CBr. The first kappa shape index (κ1) is 10.9. The third kappa shape index (κ3) is 1.85. The molecule has 0 N–H and O–H groups in total. The molecular weight excluding hydrogens is 296 g/mol. The zero-order valence-corrected chi connectivity index (χ0v) is 11.7. The molecule has 0 fully saturated rings. The molecule has 0 bridgehead atoms. The summed E-state index contributed by atoms with van der Waals surface area (Å²) in [7, 11) is 0. The molecule has 0 saturated carbocycles. The van der Waals surface area contributed by atoms with E-state index in [1.54, 1.807) is 23.1 Å². The molecule has 14 heavy (non-hydrogen) atoms. The first-order valence-corrected chi connectivity index (χ1v) is 7.71. The number of thiol groups is 1. The standard InChI is InChI=1S/C10H9BrS3/c1-13-8-3-2-6-4-9(12)14-10(6)7(8)5-11/h2-4,12H,5H2,1H3. The molecule has 2 rings (SSSR count). The fourth-order valence-electron chi connectivity index (χ4n) is 1.45. The van der Waals surface area contributed by atoms with E-state index in [4.69, 9.17) is 0 Å². The maximum atomic E-state index is 4.39. The number of rotatable bonds is 2. The number of benzene rings is 1. The van der Waals surface area contributed by atoms with Crippen molar-refractivity contribution in [2.75, 3.05) is 6.26 Å². The maximum absolute atomic E-state index is 4.39. The summed E-state index contributed by atoms with van der Waals surface area (Å²) in [5, 5.41) is 2.21. The van der Waals surface area contributed by atoms with Gasteiger partial charge in [0.2, 0.25) is 0 Å². The number of alkyl halides is 1. The predicted molar refractivity (Wildman–Crippen MR) is 73.5 cm³/mol. The van der Waals surface area contributed by atoms with Crippen molar-refractivity contribution in [3.8, 4) is 0 Å². The molecule has 0 amide bonds. The fraction of sp³-hybridized carbons (Fsp3) is 0.200. The zero-order chi connectivity index (χ0) is 10.1. The van der Waals surface area contributed by atoms with Crippen LogP contribution >= 0.6 is 51.7 Å². The second kappa shape index (κ2) is 4.47. The minimum Gasteiger partial charge on any atom is -0.133 e. The minimum atomic E-state index is 0.911. The Labute approximate surface area is 106 Å². The molecule has 1 aromatic carbocycles. The van der Waals surface area contributed by atoms with Gasteiger partial charge >= 0.3 is 0 Å². The smallest absolute Gasteiger partial charge is 0.0580 e. The number of hydrogen-bond donors (Lipinski definition) is 1. The molecule has 0 atom stereocenters. The molecule has 0 aliphatic carbocycles. The third-order valence-corrected chi connectivity index (χ3v) is 4.89. The molecule has 2 aromatic rings. The molecule has 0 spiro atoms. The van der Waals surface area contributed by atoms with Crippen LogP contribution in [0.1, 0.15) is 5.56 Å². The van der Waals surface area contributed by atoms with E-state index in [9.17, 15) is 0 Å². The van der Waals surface area contributed by atoms with E-state index in [2.05, 4.69) is 53.0 Å². The number of hydrogen-bond acceptors (Lipinski definition) is 3. The summed E-state index contributed by atoms with van der Waals surface area (Å²) in [5.41, 5.74) is 1.39. The van der Waals surface area contributed by atoms with Crippen LogP contribution in [0.4, 0.5) is 0 Å². The first-order valence-electron chi connectivity index (χ1n) is 4.10. The summed E-state index contributed by atoms with van der Waals surface area (Å²) in [4.78, 5) is 1.35. The van der Waals surface area contributed by atoms with Gasteiger partial charge in [-0.15, -0.1) is 35.7 Å². The van der Waals surface area contributed by atoms with Crippen LogP contribution in [0, 0.1) is 0 Å². The van der Waals surface area contributed by atoms with Gasteiger partial charge in [0.05, 0.1) is 4.21 Å². The van der Waals surface area contributed by atoms with Crippen LogP contribution in [-0.2, 0) is 5.33 Å². The number of thiophene rings is 1. The van der Waals surface area contributed by atoms with E-state index in [1.807, 2.05) is 0 Å². The summed E-state index contributed by atoms with van der Waals surface area (Å²) >= 11 is 11.5. The lowest BCUT2D eigenvalue weighted by Crippen LogP contribution is -1.82. The monoisotopic (exact) mass is 304 g/mol. The van der Waals surface area contributed by atoms with E-state index in [0.29, 0.717) is 0 Å². The normalized spacial score (nSPS) is 11.1. The molecule has 74 valence electrons. The molecule has 0 aliphatic rings. The van der Waals surface area contributed by atoms with Crippen molar-refractivity contribution >= 4 is 61.7 Å². The Hall–Kier alpha value is 0.360. The van der Waals surface area contributed by atoms with E-state index in [-0.39, 0.29) is 0 Å². The lowest BCUT2D eigenvalue weighted by molar-refractivity contribution is 1.34. The Morgan fingerprint density at radius 1 is 1.50 bits per heavy atom. The third-order valence-electron chi connectivity index (χ3n) is 2.09. The van der Waals surface area contributed by atoms with E-state index >= 15 is 0 Å². The average molecular weight is 305 g/mol. The van der Waals surface area contributed by atoms with Gasteiger partial charge in [-0.05, 0) is 29.3 Å². The van der Waals surface area contributed by atoms with Gasteiger partial charge in [-0.25, -0.2) is 0 Å². The second-order valence-corrected chi connectivity index (χ2v) is 6.13. The van der Waals surface area contributed by atoms with Crippen molar-refractivity contribution in [1.82, 2.24) is 0 Å². The Bertz CT molecular complexity index is 462. The second-order valence-electron chi connectivity index (χ2n) is 2.88. The highest BCUT2D eigenvalue weighted by molar-refractivity contribution is 9.08. The van der Waals surface area contributed by atoms with Gasteiger partial charge in [0.15, 0.2) is 0 Å². The highest BCUT2D eigenvalue weighted by atomic mass is 79.9. The van der Waals surface area contributed by atoms with Crippen LogP contribution in [0.2, 0.25) is 0 Å². The van der Waals surface area contributed by atoms with Crippen LogP contribution < -0.4 is 0 Å². The molecule has 1 aromatic heterocycles. The predicted octanol–water partition coefficient (Wildman–Crippen LogP) is 4.81. The average Bonchev–Trinajstić information content (AvgIpc) is 2.56. The topological polar surface area (TPSA) is 0 Å². The molecule has 0 unspecified atom stereocenters. The maximum Gasteiger partial charge on any atom is 0.0580 e.